The van der Waals surface area contributed by atoms with Crippen molar-refractivity contribution in [2.45, 2.75) is 13.8 Å². The minimum absolute atomic E-state index is 0.166. The van der Waals surface area contributed by atoms with Gasteiger partial charge in [0.2, 0.25) is 0 Å². The molecule has 3 heteroatoms. The Balaban J connectivity index is 3.68. The SMILES string of the molecule is C=CCN(CC)CC(=O)OCC. The van der Waals surface area contributed by atoms with Crippen molar-refractivity contribution < 1.29 is 9.53 Å². The number of rotatable bonds is 6. The van der Waals surface area contributed by atoms with Crippen molar-refractivity contribution in [2.75, 3.05) is 26.2 Å². The maximum atomic E-state index is 11.0. The van der Waals surface area contributed by atoms with E-state index >= 15 is 0 Å². The molecule has 3 nitrogen and oxygen atoms in total. The Labute approximate surface area is 74.0 Å². The molecule has 0 aliphatic rings. The van der Waals surface area contributed by atoms with E-state index < -0.39 is 0 Å². The highest BCUT2D eigenvalue weighted by Crippen LogP contribution is 1.89. The van der Waals surface area contributed by atoms with E-state index in [1.54, 1.807) is 6.08 Å². The van der Waals surface area contributed by atoms with Gasteiger partial charge < -0.3 is 4.74 Å². The number of ether oxygens (including phenoxy) is 1. The van der Waals surface area contributed by atoms with Crippen LogP contribution in [0.3, 0.4) is 0 Å². The molecular formula is C9H17NO2. The molecule has 0 aromatic carbocycles. The van der Waals surface area contributed by atoms with Crippen LogP contribution in [0.1, 0.15) is 13.8 Å². The van der Waals surface area contributed by atoms with E-state index in [9.17, 15) is 4.79 Å². The first-order valence-corrected chi connectivity index (χ1v) is 4.23. The Morgan fingerprint density at radius 1 is 1.58 bits per heavy atom. The summed E-state index contributed by atoms with van der Waals surface area (Å²) in [6.45, 7) is 9.79. The summed E-state index contributed by atoms with van der Waals surface area (Å²) in [7, 11) is 0. The van der Waals surface area contributed by atoms with Crippen molar-refractivity contribution in [3.8, 4) is 0 Å². The first kappa shape index (κ1) is 11.2. The van der Waals surface area contributed by atoms with Gasteiger partial charge in [-0.1, -0.05) is 13.0 Å². The number of nitrogens with zero attached hydrogens (tertiary/aromatic N) is 1. The zero-order chi connectivity index (χ0) is 9.40. The molecule has 0 heterocycles. The number of hydrogen-bond donors (Lipinski definition) is 0. The Morgan fingerprint density at radius 3 is 2.67 bits per heavy atom. The highest BCUT2D eigenvalue weighted by molar-refractivity contribution is 5.71. The standard InChI is InChI=1S/C9H17NO2/c1-4-7-10(5-2)8-9(11)12-6-3/h4H,1,5-8H2,2-3H3. The molecule has 0 amide bonds. The Morgan fingerprint density at radius 2 is 2.25 bits per heavy atom. The molecule has 12 heavy (non-hydrogen) atoms. The van der Waals surface area contributed by atoms with Crippen LogP contribution in [0, 0.1) is 0 Å². The predicted octanol–water partition coefficient (Wildman–Crippen LogP) is 1.06. The van der Waals surface area contributed by atoms with Crippen LogP contribution in [0.2, 0.25) is 0 Å². The monoisotopic (exact) mass is 171 g/mol. The molecule has 0 unspecified atom stereocenters. The van der Waals surface area contributed by atoms with Crippen LogP contribution in [0.4, 0.5) is 0 Å². The topological polar surface area (TPSA) is 29.5 Å². The van der Waals surface area contributed by atoms with Crippen LogP contribution in [0.5, 0.6) is 0 Å². The quantitative estimate of drug-likeness (QED) is 0.442. The lowest BCUT2D eigenvalue weighted by Crippen LogP contribution is -2.30. The largest absolute Gasteiger partial charge is 0.465 e. The van der Waals surface area contributed by atoms with Gasteiger partial charge >= 0.3 is 5.97 Å². The molecule has 0 bridgehead atoms. The lowest BCUT2D eigenvalue weighted by molar-refractivity contribution is -0.144. The van der Waals surface area contributed by atoms with Gasteiger partial charge in [0.05, 0.1) is 13.2 Å². The third-order valence-corrected chi connectivity index (χ3v) is 1.49. The lowest BCUT2D eigenvalue weighted by atomic mass is 10.4. The van der Waals surface area contributed by atoms with Crippen molar-refractivity contribution in [2.24, 2.45) is 0 Å². The van der Waals surface area contributed by atoms with Gasteiger partial charge in [-0.25, -0.2) is 0 Å². The molecule has 0 saturated heterocycles. The van der Waals surface area contributed by atoms with Crippen molar-refractivity contribution in [1.29, 1.82) is 0 Å². The van der Waals surface area contributed by atoms with Gasteiger partial charge in [-0.3, -0.25) is 9.69 Å². The molecule has 0 rings (SSSR count). The van der Waals surface area contributed by atoms with Gasteiger partial charge in [-0.15, -0.1) is 6.58 Å². The first-order chi connectivity index (χ1) is 5.74. The normalized spacial score (nSPS) is 9.92. The molecule has 0 radical (unpaired) electrons. The summed E-state index contributed by atoms with van der Waals surface area (Å²) in [6.07, 6.45) is 1.78. The molecule has 0 fully saturated rings. The average molecular weight is 171 g/mol. The fraction of sp³-hybridized carbons (Fsp3) is 0.667. The molecule has 0 spiro atoms. The second-order valence-electron chi connectivity index (χ2n) is 2.42. The molecular weight excluding hydrogens is 154 g/mol. The van der Waals surface area contributed by atoms with E-state index in [0.717, 1.165) is 13.1 Å². The highest BCUT2D eigenvalue weighted by Gasteiger charge is 2.06. The van der Waals surface area contributed by atoms with Crippen molar-refractivity contribution >= 4 is 5.97 Å². The van der Waals surface area contributed by atoms with Gasteiger partial charge in [-0.05, 0) is 13.5 Å². The summed E-state index contributed by atoms with van der Waals surface area (Å²) in [5.74, 6) is -0.166. The summed E-state index contributed by atoms with van der Waals surface area (Å²) < 4.78 is 4.81. The zero-order valence-corrected chi connectivity index (χ0v) is 7.88. The molecule has 0 saturated carbocycles. The predicted molar refractivity (Wildman–Crippen MR) is 48.9 cm³/mol. The highest BCUT2D eigenvalue weighted by atomic mass is 16.5. The van der Waals surface area contributed by atoms with E-state index in [2.05, 4.69) is 6.58 Å². The number of esters is 1. The van der Waals surface area contributed by atoms with E-state index in [-0.39, 0.29) is 5.97 Å². The summed E-state index contributed by atoms with van der Waals surface area (Å²) >= 11 is 0. The van der Waals surface area contributed by atoms with Crippen LogP contribution in [-0.2, 0) is 9.53 Å². The molecule has 0 aromatic rings. The Bertz CT molecular complexity index is 145. The smallest absolute Gasteiger partial charge is 0.320 e. The summed E-state index contributed by atoms with van der Waals surface area (Å²) in [5, 5.41) is 0. The van der Waals surface area contributed by atoms with Crippen LogP contribution in [-0.4, -0.2) is 37.1 Å². The Kier molecular flexibility index (Phi) is 6.38. The molecule has 0 aliphatic carbocycles. The number of carbonyl (C=O) groups excluding carboxylic acids is 1. The zero-order valence-electron chi connectivity index (χ0n) is 7.88. The van der Waals surface area contributed by atoms with E-state index in [1.807, 2.05) is 18.7 Å². The van der Waals surface area contributed by atoms with Gasteiger partial charge in [0, 0.05) is 6.54 Å². The third kappa shape index (κ3) is 4.91. The number of carbonyl (C=O) groups is 1. The lowest BCUT2D eigenvalue weighted by Gasteiger charge is -2.16. The van der Waals surface area contributed by atoms with E-state index in [1.165, 1.54) is 0 Å². The summed E-state index contributed by atoms with van der Waals surface area (Å²) in [6, 6.07) is 0. The van der Waals surface area contributed by atoms with Gasteiger partial charge in [0.25, 0.3) is 0 Å². The van der Waals surface area contributed by atoms with Gasteiger partial charge in [0.15, 0.2) is 0 Å². The molecule has 70 valence electrons. The molecule has 0 aliphatic heterocycles. The van der Waals surface area contributed by atoms with Gasteiger partial charge in [0.1, 0.15) is 0 Å². The minimum atomic E-state index is -0.166. The second-order valence-corrected chi connectivity index (χ2v) is 2.42. The van der Waals surface area contributed by atoms with Crippen LogP contribution in [0.15, 0.2) is 12.7 Å². The third-order valence-electron chi connectivity index (χ3n) is 1.49. The van der Waals surface area contributed by atoms with Crippen LogP contribution >= 0.6 is 0 Å². The molecule has 0 N–H and O–H groups in total. The average Bonchev–Trinajstić information content (AvgIpc) is 2.04. The second kappa shape index (κ2) is 6.85. The Hall–Kier alpha value is -0.830. The number of hydrogen-bond acceptors (Lipinski definition) is 3. The van der Waals surface area contributed by atoms with Crippen molar-refractivity contribution in [3.05, 3.63) is 12.7 Å². The van der Waals surface area contributed by atoms with E-state index in [4.69, 9.17) is 4.74 Å². The maximum Gasteiger partial charge on any atom is 0.320 e. The van der Waals surface area contributed by atoms with Crippen LogP contribution < -0.4 is 0 Å². The minimum Gasteiger partial charge on any atom is -0.465 e. The van der Waals surface area contributed by atoms with Crippen molar-refractivity contribution in [3.63, 3.8) is 0 Å². The fourth-order valence-electron chi connectivity index (χ4n) is 0.877. The molecule has 0 atom stereocenters. The summed E-state index contributed by atoms with van der Waals surface area (Å²) in [4.78, 5) is 13.0. The van der Waals surface area contributed by atoms with Gasteiger partial charge in [-0.2, -0.15) is 0 Å². The van der Waals surface area contributed by atoms with E-state index in [0.29, 0.717) is 13.2 Å². The fourth-order valence-corrected chi connectivity index (χ4v) is 0.877. The molecule has 0 aromatic heterocycles. The first-order valence-electron chi connectivity index (χ1n) is 4.23. The van der Waals surface area contributed by atoms with Crippen LogP contribution in [0.25, 0.3) is 0 Å². The maximum absolute atomic E-state index is 11.0. The number of likely N-dealkylation sites (N-methyl/N-ethyl adjacent to an activating group) is 1. The van der Waals surface area contributed by atoms with Crippen molar-refractivity contribution in [1.82, 2.24) is 4.90 Å². The summed E-state index contributed by atoms with van der Waals surface area (Å²) in [5.41, 5.74) is 0.